The number of hydrogen-bond donors (Lipinski definition) is 1. The van der Waals surface area contributed by atoms with E-state index in [0.717, 1.165) is 29.3 Å². The number of rotatable bonds is 3. The second-order valence-corrected chi connectivity index (χ2v) is 4.57. The number of aromatic nitrogens is 1. The normalized spacial score (nSPS) is 12.6. The van der Waals surface area contributed by atoms with Gasteiger partial charge in [0.1, 0.15) is 17.3 Å². The van der Waals surface area contributed by atoms with E-state index < -0.39 is 11.7 Å². The van der Waals surface area contributed by atoms with Crippen molar-refractivity contribution in [1.82, 2.24) is 4.98 Å². The monoisotopic (exact) mass is 297 g/mol. The molecule has 0 fully saturated rings. The maximum Gasteiger partial charge on any atom is 0.417 e. The molecule has 2 rings (SSSR count). The summed E-state index contributed by atoms with van der Waals surface area (Å²) in [5, 5.41) is 4.09. The van der Waals surface area contributed by atoms with Gasteiger partial charge >= 0.3 is 6.18 Å². The zero-order valence-electron chi connectivity index (χ0n) is 11.7. The van der Waals surface area contributed by atoms with Gasteiger partial charge in [0, 0.05) is 11.8 Å². The summed E-state index contributed by atoms with van der Waals surface area (Å²) < 4.78 is 42.6. The summed E-state index contributed by atoms with van der Waals surface area (Å²) in [4.78, 5) is 3.68. The zero-order valence-corrected chi connectivity index (χ0v) is 11.7. The highest BCUT2D eigenvalue weighted by Crippen LogP contribution is 2.28. The van der Waals surface area contributed by atoms with Crippen LogP contribution in [0.3, 0.4) is 0 Å². The topological polar surface area (TPSA) is 50.4 Å². The first-order chi connectivity index (χ1) is 9.77. The fourth-order valence-electron chi connectivity index (χ4n) is 1.82. The SMILES string of the molecule is C/C(=N/Nc1ccc(C(F)(F)F)cn1)c1cc(C)oc1C. The molecule has 0 saturated heterocycles. The molecule has 0 atom stereocenters. The van der Waals surface area contributed by atoms with Crippen LogP contribution in [0.2, 0.25) is 0 Å². The standard InChI is InChI=1S/C14H14F3N3O/c1-8-6-12(10(3)21-8)9(2)19-20-13-5-4-11(7-18-13)14(15,16)17/h4-7H,1-3H3,(H,18,20)/b19-9-. The maximum absolute atomic E-state index is 12.4. The Morgan fingerprint density at radius 3 is 2.48 bits per heavy atom. The van der Waals surface area contributed by atoms with E-state index in [9.17, 15) is 13.2 Å². The molecule has 4 nitrogen and oxygen atoms in total. The maximum atomic E-state index is 12.4. The third-order valence-corrected chi connectivity index (χ3v) is 2.86. The molecular weight excluding hydrogens is 283 g/mol. The number of halogens is 3. The van der Waals surface area contributed by atoms with Crippen LogP contribution in [0.5, 0.6) is 0 Å². The van der Waals surface area contributed by atoms with Crippen molar-refractivity contribution in [2.45, 2.75) is 26.9 Å². The average Bonchev–Trinajstić information content (AvgIpc) is 2.74. The van der Waals surface area contributed by atoms with Gasteiger partial charge in [0.05, 0.1) is 11.3 Å². The van der Waals surface area contributed by atoms with Crippen LogP contribution in [0.1, 0.15) is 29.6 Å². The molecule has 0 aliphatic rings. The summed E-state index contributed by atoms with van der Waals surface area (Å²) in [5.74, 6) is 1.74. The Morgan fingerprint density at radius 2 is 2.00 bits per heavy atom. The smallest absolute Gasteiger partial charge is 0.417 e. The zero-order chi connectivity index (χ0) is 15.6. The first-order valence-electron chi connectivity index (χ1n) is 6.18. The van der Waals surface area contributed by atoms with Crippen LogP contribution in [0.4, 0.5) is 19.0 Å². The molecule has 0 amide bonds. The van der Waals surface area contributed by atoms with Crippen molar-refractivity contribution in [1.29, 1.82) is 0 Å². The molecule has 21 heavy (non-hydrogen) atoms. The molecule has 112 valence electrons. The predicted molar refractivity (Wildman–Crippen MR) is 73.3 cm³/mol. The quantitative estimate of drug-likeness (QED) is 0.684. The number of alkyl halides is 3. The first-order valence-corrected chi connectivity index (χ1v) is 6.18. The first kappa shape index (κ1) is 15.1. The minimum atomic E-state index is -4.39. The van der Waals surface area contributed by atoms with Crippen LogP contribution in [0, 0.1) is 13.8 Å². The van der Waals surface area contributed by atoms with E-state index in [2.05, 4.69) is 15.5 Å². The van der Waals surface area contributed by atoms with Gasteiger partial charge in [0.15, 0.2) is 0 Å². The molecule has 0 unspecified atom stereocenters. The second kappa shape index (κ2) is 5.59. The highest BCUT2D eigenvalue weighted by atomic mass is 19.4. The molecule has 2 aromatic rings. The highest BCUT2D eigenvalue weighted by Gasteiger charge is 2.30. The number of furan rings is 1. The molecule has 0 aliphatic carbocycles. The molecule has 2 aromatic heterocycles. The lowest BCUT2D eigenvalue weighted by molar-refractivity contribution is -0.137. The van der Waals surface area contributed by atoms with Gasteiger partial charge in [-0.1, -0.05) is 0 Å². The highest BCUT2D eigenvalue weighted by molar-refractivity contribution is 6.00. The van der Waals surface area contributed by atoms with Gasteiger partial charge in [0.25, 0.3) is 0 Å². The van der Waals surface area contributed by atoms with Gasteiger partial charge in [-0.25, -0.2) is 4.98 Å². The Bertz CT molecular complexity index is 657. The van der Waals surface area contributed by atoms with Gasteiger partial charge in [-0.15, -0.1) is 0 Å². The van der Waals surface area contributed by atoms with Crippen molar-refractivity contribution in [3.05, 3.63) is 47.0 Å². The van der Waals surface area contributed by atoms with E-state index in [1.165, 1.54) is 6.07 Å². The van der Waals surface area contributed by atoms with Crippen molar-refractivity contribution >= 4 is 11.5 Å². The van der Waals surface area contributed by atoms with Gasteiger partial charge < -0.3 is 4.42 Å². The van der Waals surface area contributed by atoms with Crippen LogP contribution >= 0.6 is 0 Å². The summed E-state index contributed by atoms with van der Waals surface area (Å²) in [5.41, 5.74) is 3.33. The number of hydrogen-bond acceptors (Lipinski definition) is 4. The van der Waals surface area contributed by atoms with Crippen molar-refractivity contribution in [2.75, 3.05) is 5.43 Å². The predicted octanol–water partition coefficient (Wildman–Crippen LogP) is 4.15. The lowest BCUT2D eigenvalue weighted by Gasteiger charge is -2.06. The molecular formula is C14H14F3N3O. The fraction of sp³-hybridized carbons (Fsp3) is 0.286. The van der Waals surface area contributed by atoms with E-state index in [1.54, 1.807) is 6.92 Å². The molecule has 0 aliphatic heterocycles. The van der Waals surface area contributed by atoms with Gasteiger partial charge in [-0.3, -0.25) is 5.43 Å². The molecule has 0 aromatic carbocycles. The van der Waals surface area contributed by atoms with E-state index in [-0.39, 0.29) is 5.82 Å². The van der Waals surface area contributed by atoms with Crippen molar-refractivity contribution in [3.63, 3.8) is 0 Å². The summed E-state index contributed by atoms with van der Waals surface area (Å²) in [6.45, 7) is 5.42. The number of anilines is 1. The molecule has 0 spiro atoms. The van der Waals surface area contributed by atoms with Crippen LogP contribution < -0.4 is 5.43 Å². The number of aryl methyl sites for hydroxylation is 2. The lowest BCUT2D eigenvalue weighted by atomic mass is 10.2. The average molecular weight is 297 g/mol. The summed E-state index contributed by atoms with van der Waals surface area (Å²) in [6.07, 6.45) is -3.63. The van der Waals surface area contributed by atoms with E-state index in [0.29, 0.717) is 5.71 Å². The van der Waals surface area contributed by atoms with Crippen LogP contribution in [0.25, 0.3) is 0 Å². The van der Waals surface area contributed by atoms with Crippen LogP contribution in [0.15, 0.2) is 33.9 Å². The minimum absolute atomic E-state index is 0.236. The Kier molecular flexibility index (Phi) is 4.02. The number of hydrazone groups is 1. The number of nitrogens with zero attached hydrogens (tertiary/aromatic N) is 2. The minimum Gasteiger partial charge on any atom is -0.466 e. The number of nitrogens with one attached hydrogen (secondary N) is 1. The van der Waals surface area contributed by atoms with Crippen LogP contribution in [-0.2, 0) is 6.18 Å². The van der Waals surface area contributed by atoms with E-state index in [4.69, 9.17) is 4.42 Å². The molecule has 7 heteroatoms. The second-order valence-electron chi connectivity index (χ2n) is 4.57. The lowest BCUT2D eigenvalue weighted by Crippen LogP contribution is -2.06. The Labute approximate surface area is 119 Å². The molecule has 0 bridgehead atoms. The largest absolute Gasteiger partial charge is 0.466 e. The summed E-state index contributed by atoms with van der Waals surface area (Å²) in [7, 11) is 0. The molecule has 0 saturated carbocycles. The van der Waals surface area contributed by atoms with Crippen molar-refractivity contribution < 1.29 is 17.6 Å². The van der Waals surface area contributed by atoms with Gasteiger partial charge in [-0.05, 0) is 39.0 Å². The Hall–Kier alpha value is -2.31. The van der Waals surface area contributed by atoms with Gasteiger partial charge in [-0.2, -0.15) is 18.3 Å². The van der Waals surface area contributed by atoms with Crippen LogP contribution in [-0.4, -0.2) is 10.7 Å². The fourth-order valence-corrected chi connectivity index (χ4v) is 1.82. The van der Waals surface area contributed by atoms with Crippen molar-refractivity contribution in [3.8, 4) is 0 Å². The molecule has 0 radical (unpaired) electrons. The Morgan fingerprint density at radius 1 is 1.29 bits per heavy atom. The van der Waals surface area contributed by atoms with E-state index >= 15 is 0 Å². The third-order valence-electron chi connectivity index (χ3n) is 2.86. The van der Waals surface area contributed by atoms with Crippen molar-refractivity contribution in [2.24, 2.45) is 5.10 Å². The molecule has 2 heterocycles. The van der Waals surface area contributed by atoms with E-state index in [1.807, 2.05) is 19.9 Å². The van der Waals surface area contributed by atoms with Gasteiger partial charge in [0.2, 0.25) is 0 Å². The summed E-state index contributed by atoms with van der Waals surface area (Å²) in [6, 6.07) is 4.02. The number of pyridine rings is 1. The summed E-state index contributed by atoms with van der Waals surface area (Å²) >= 11 is 0. The third kappa shape index (κ3) is 3.62. The Balaban J connectivity index is 2.12. The molecule has 1 N–H and O–H groups in total.